The second kappa shape index (κ2) is 5.57. The van der Waals surface area contributed by atoms with E-state index in [9.17, 15) is 9.90 Å². The summed E-state index contributed by atoms with van der Waals surface area (Å²) in [5, 5.41) is 17.8. The van der Waals surface area contributed by atoms with Gasteiger partial charge in [0, 0.05) is 6.04 Å². The van der Waals surface area contributed by atoms with Gasteiger partial charge in [0.15, 0.2) is 0 Å². The summed E-state index contributed by atoms with van der Waals surface area (Å²) >= 11 is 0. The Morgan fingerprint density at radius 2 is 2.15 bits per heavy atom. The molecular weight excluding hydrogens is 170 g/mol. The van der Waals surface area contributed by atoms with Gasteiger partial charge in [-0.05, 0) is 13.8 Å². The Kier molecular flexibility index (Phi) is 5.12. The maximum atomic E-state index is 10.4. The first-order chi connectivity index (χ1) is 5.99. The van der Waals surface area contributed by atoms with Crippen LogP contribution < -0.4 is 0 Å². The molecule has 0 aliphatic carbocycles. The molecule has 0 saturated carbocycles. The van der Waals surface area contributed by atoms with E-state index < -0.39 is 12.1 Å². The topological polar surface area (TPSA) is 60.8 Å². The first-order valence-corrected chi connectivity index (χ1v) is 4.06. The molecule has 0 aromatic heterocycles. The smallest absolute Gasteiger partial charge is 0.317 e. The molecule has 74 valence electrons. The average molecular weight is 185 g/mol. The van der Waals surface area contributed by atoms with Gasteiger partial charge in [0.05, 0.1) is 19.2 Å². The fourth-order valence-electron chi connectivity index (χ4n) is 0.940. The van der Waals surface area contributed by atoms with Crippen molar-refractivity contribution in [2.24, 2.45) is 0 Å². The van der Waals surface area contributed by atoms with E-state index in [-0.39, 0.29) is 19.1 Å². The maximum absolute atomic E-state index is 10.4. The molecule has 2 atom stereocenters. The van der Waals surface area contributed by atoms with E-state index in [1.165, 1.54) is 4.90 Å². The van der Waals surface area contributed by atoms with E-state index in [2.05, 4.69) is 5.92 Å². The summed E-state index contributed by atoms with van der Waals surface area (Å²) in [4.78, 5) is 12.0. The molecule has 0 aliphatic rings. The molecular formula is C9H15NO3. The molecule has 0 fully saturated rings. The first-order valence-electron chi connectivity index (χ1n) is 4.06. The zero-order chi connectivity index (χ0) is 10.4. The van der Waals surface area contributed by atoms with Crippen LogP contribution in [0.2, 0.25) is 0 Å². The zero-order valence-corrected chi connectivity index (χ0v) is 7.90. The van der Waals surface area contributed by atoms with Crippen molar-refractivity contribution < 1.29 is 15.0 Å². The second-order valence-corrected chi connectivity index (χ2v) is 2.98. The van der Waals surface area contributed by atoms with Crippen LogP contribution in [-0.4, -0.2) is 46.3 Å². The molecule has 0 rings (SSSR count). The number of aliphatic hydroxyl groups is 1. The number of carboxylic acid groups (broad SMARTS) is 1. The lowest BCUT2D eigenvalue weighted by Gasteiger charge is -2.27. The number of rotatable bonds is 5. The van der Waals surface area contributed by atoms with Gasteiger partial charge in [-0.25, -0.2) is 0 Å². The third-order valence-corrected chi connectivity index (χ3v) is 1.91. The average Bonchev–Trinajstić information content (AvgIpc) is 2.01. The lowest BCUT2D eigenvalue weighted by Crippen LogP contribution is -2.43. The van der Waals surface area contributed by atoms with Gasteiger partial charge >= 0.3 is 5.97 Å². The van der Waals surface area contributed by atoms with Crippen LogP contribution in [0.4, 0.5) is 0 Å². The zero-order valence-electron chi connectivity index (χ0n) is 7.90. The summed E-state index contributed by atoms with van der Waals surface area (Å²) in [6, 6.07) is -0.243. The second-order valence-electron chi connectivity index (χ2n) is 2.98. The van der Waals surface area contributed by atoms with Crippen LogP contribution in [0.3, 0.4) is 0 Å². The normalized spacial score (nSPS) is 15.0. The van der Waals surface area contributed by atoms with E-state index in [0.717, 1.165) is 0 Å². The Labute approximate surface area is 78.2 Å². The molecule has 0 heterocycles. The molecule has 0 radical (unpaired) electrons. The highest BCUT2D eigenvalue weighted by molar-refractivity contribution is 5.69. The molecule has 0 amide bonds. The largest absolute Gasteiger partial charge is 0.480 e. The molecule has 0 aliphatic heterocycles. The Hall–Kier alpha value is -1.05. The number of hydrogen-bond donors (Lipinski definition) is 2. The van der Waals surface area contributed by atoms with Crippen molar-refractivity contribution in [2.75, 3.05) is 13.1 Å². The molecule has 4 heteroatoms. The van der Waals surface area contributed by atoms with Gasteiger partial charge < -0.3 is 10.2 Å². The van der Waals surface area contributed by atoms with Gasteiger partial charge in [0.25, 0.3) is 0 Å². The van der Waals surface area contributed by atoms with E-state index in [1.807, 2.05) is 0 Å². The first kappa shape index (κ1) is 11.9. The summed E-state index contributed by atoms with van der Waals surface area (Å²) in [7, 11) is 0. The number of carbonyl (C=O) groups is 1. The van der Waals surface area contributed by atoms with E-state index in [4.69, 9.17) is 11.5 Å². The third-order valence-electron chi connectivity index (χ3n) is 1.91. The highest BCUT2D eigenvalue weighted by Gasteiger charge is 2.19. The SMILES string of the molecule is C#CCN(CC(=O)O)C(C)C(C)O. The third kappa shape index (κ3) is 4.51. The number of hydrogen-bond acceptors (Lipinski definition) is 3. The monoisotopic (exact) mass is 185 g/mol. The summed E-state index contributed by atoms with van der Waals surface area (Å²) in [6.45, 7) is 3.44. The van der Waals surface area contributed by atoms with Crippen molar-refractivity contribution >= 4 is 5.97 Å². The predicted molar refractivity (Wildman–Crippen MR) is 49.2 cm³/mol. The molecule has 4 nitrogen and oxygen atoms in total. The number of carboxylic acids is 1. The van der Waals surface area contributed by atoms with Crippen molar-refractivity contribution in [3.05, 3.63) is 0 Å². The molecule has 2 unspecified atom stereocenters. The molecule has 0 spiro atoms. The Morgan fingerprint density at radius 1 is 1.62 bits per heavy atom. The van der Waals surface area contributed by atoms with Crippen LogP contribution in [0.1, 0.15) is 13.8 Å². The highest BCUT2D eigenvalue weighted by Crippen LogP contribution is 2.02. The summed E-state index contributed by atoms with van der Waals surface area (Å²) in [5.41, 5.74) is 0. The highest BCUT2D eigenvalue weighted by atomic mass is 16.4. The minimum Gasteiger partial charge on any atom is -0.480 e. The van der Waals surface area contributed by atoms with Crippen LogP contribution in [0, 0.1) is 12.3 Å². The van der Waals surface area contributed by atoms with Crippen molar-refractivity contribution in [2.45, 2.75) is 26.0 Å². The molecule has 0 saturated heterocycles. The fourth-order valence-corrected chi connectivity index (χ4v) is 0.940. The standard InChI is InChI=1S/C9H15NO3/c1-4-5-10(6-9(12)13)7(2)8(3)11/h1,7-8,11H,5-6H2,2-3H3,(H,12,13). The van der Waals surface area contributed by atoms with E-state index in [0.29, 0.717) is 0 Å². The Bertz CT molecular complexity index is 207. The number of nitrogens with zero attached hydrogens (tertiary/aromatic N) is 1. The molecule has 0 bridgehead atoms. The van der Waals surface area contributed by atoms with Crippen LogP contribution in [-0.2, 0) is 4.79 Å². The predicted octanol–water partition coefficient (Wildman–Crippen LogP) is -0.224. The van der Waals surface area contributed by atoms with Crippen molar-refractivity contribution in [1.29, 1.82) is 0 Å². The molecule has 0 aromatic carbocycles. The van der Waals surface area contributed by atoms with Gasteiger partial charge in [0.2, 0.25) is 0 Å². The van der Waals surface area contributed by atoms with Gasteiger partial charge in [-0.15, -0.1) is 6.42 Å². The van der Waals surface area contributed by atoms with Crippen LogP contribution in [0.25, 0.3) is 0 Å². The number of aliphatic hydroxyl groups excluding tert-OH is 1. The fraction of sp³-hybridized carbons (Fsp3) is 0.667. The maximum Gasteiger partial charge on any atom is 0.317 e. The van der Waals surface area contributed by atoms with Gasteiger partial charge in [0.1, 0.15) is 0 Å². The molecule has 13 heavy (non-hydrogen) atoms. The lowest BCUT2D eigenvalue weighted by atomic mass is 10.2. The summed E-state index contributed by atoms with van der Waals surface area (Å²) in [6.07, 6.45) is 4.49. The van der Waals surface area contributed by atoms with Crippen LogP contribution in [0.5, 0.6) is 0 Å². The lowest BCUT2D eigenvalue weighted by molar-refractivity contribution is -0.139. The number of terminal acetylenes is 1. The number of aliphatic carboxylic acids is 1. The van der Waals surface area contributed by atoms with Crippen molar-refractivity contribution in [1.82, 2.24) is 4.90 Å². The van der Waals surface area contributed by atoms with Crippen molar-refractivity contribution in [3.63, 3.8) is 0 Å². The molecule has 0 aromatic rings. The minimum absolute atomic E-state index is 0.143. The van der Waals surface area contributed by atoms with Gasteiger partial charge in [-0.3, -0.25) is 9.69 Å². The minimum atomic E-state index is -0.942. The van der Waals surface area contributed by atoms with Crippen LogP contribution >= 0.6 is 0 Å². The summed E-state index contributed by atoms with van der Waals surface area (Å²) in [5.74, 6) is 1.42. The van der Waals surface area contributed by atoms with E-state index in [1.54, 1.807) is 13.8 Å². The van der Waals surface area contributed by atoms with Gasteiger partial charge in [-0.1, -0.05) is 5.92 Å². The Morgan fingerprint density at radius 3 is 2.46 bits per heavy atom. The van der Waals surface area contributed by atoms with Gasteiger partial charge in [-0.2, -0.15) is 0 Å². The van der Waals surface area contributed by atoms with E-state index >= 15 is 0 Å². The summed E-state index contributed by atoms with van der Waals surface area (Å²) < 4.78 is 0. The molecule has 2 N–H and O–H groups in total. The quantitative estimate of drug-likeness (QED) is 0.581. The van der Waals surface area contributed by atoms with Crippen molar-refractivity contribution in [3.8, 4) is 12.3 Å². The van der Waals surface area contributed by atoms with Crippen LogP contribution in [0.15, 0.2) is 0 Å². The Balaban J connectivity index is 4.24.